The van der Waals surface area contributed by atoms with E-state index in [4.69, 9.17) is 35.5 Å². The number of nitrogens with two attached hydrogens (primary N) is 1. The van der Waals surface area contributed by atoms with Gasteiger partial charge in [0.1, 0.15) is 16.6 Å². The number of aromatic nitrogens is 1. The summed E-state index contributed by atoms with van der Waals surface area (Å²) in [6.07, 6.45) is -1.58. The number of benzene rings is 1. The molecule has 3 aromatic rings. The SMILES string of the molecule is CCOC(=O)C1CCCN(C(=O)COc2cccc(-c3csc(-c4cc(C(=N)N)sc4SC)n3)c2)C1.O=C(O)C(F)(F)F. The minimum Gasteiger partial charge on any atom is -0.484 e. The van der Waals surface area contributed by atoms with Crippen molar-refractivity contribution in [1.29, 1.82) is 5.41 Å². The van der Waals surface area contributed by atoms with Crippen molar-refractivity contribution in [1.82, 2.24) is 9.88 Å². The molecule has 232 valence electrons. The van der Waals surface area contributed by atoms with Crippen LogP contribution in [-0.4, -0.2) is 77.4 Å². The molecule has 1 aromatic carbocycles. The summed E-state index contributed by atoms with van der Waals surface area (Å²) in [5.41, 5.74) is 8.35. The molecule has 10 nitrogen and oxygen atoms in total. The summed E-state index contributed by atoms with van der Waals surface area (Å²) in [7, 11) is 0. The third kappa shape index (κ3) is 9.43. The topological polar surface area (TPSA) is 156 Å². The molecule has 0 saturated carbocycles. The maximum Gasteiger partial charge on any atom is 0.490 e. The zero-order valence-electron chi connectivity index (χ0n) is 23.1. The van der Waals surface area contributed by atoms with Crippen molar-refractivity contribution in [3.63, 3.8) is 0 Å². The Balaban J connectivity index is 0.000000646. The van der Waals surface area contributed by atoms with Crippen LogP contribution in [0.25, 0.3) is 21.8 Å². The van der Waals surface area contributed by atoms with Crippen molar-refractivity contribution in [2.24, 2.45) is 11.7 Å². The number of rotatable bonds is 9. The molecule has 16 heteroatoms. The lowest BCUT2D eigenvalue weighted by Gasteiger charge is -2.31. The molecule has 1 fully saturated rings. The summed E-state index contributed by atoms with van der Waals surface area (Å²) >= 11 is 4.64. The Morgan fingerprint density at radius 3 is 2.63 bits per heavy atom. The third-order valence-electron chi connectivity index (χ3n) is 6.01. The number of alkyl halides is 3. The molecule has 0 aliphatic carbocycles. The molecule has 1 amide bonds. The van der Waals surface area contributed by atoms with Gasteiger partial charge in [0.05, 0.1) is 27.3 Å². The smallest absolute Gasteiger partial charge is 0.484 e. The molecule has 1 unspecified atom stereocenters. The number of nitrogens with one attached hydrogen (secondary N) is 1. The van der Waals surface area contributed by atoms with Gasteiger partial charge in [-0.15, -0.1) is 34.4 Å². The van der Waals surface area contributed by atoms with Crippen LogP contribution in [0.4, 0.5) is 13.2 Å². The lowest BCUT2D eigenvalue weighted by atomic mass is 9.98. The van der Waals surface area contributed by atoms with Crippen LogP contribution in [-0.2, 0) is 19.1 Å². The normalized spacial score (nSPS) is 14.8. The van der Waals surface area contributed by atoms with Gasteiger partial charge >= 0.3 is 18.1 Å². The molecule has 1 aliphatic heterocycles. The molecule has 0 spiro atoms. The number of aliphatic carboxylic acids is 1. The van der Waals surface area contributed by atoms with E-state index in [0.29, 0.717) is 25.4 Å². The molecule has 1 aliphatic rings. The van der Waals surface area contributed by atoms with Gasteiger partial charge < -0.3 is 25.2 Å². The minimum atomic E-state index is -5.08. The lowest BCUT2D eigenvalue weighted by Crippen LogP contribution is -2.44. The van der Waals surface area contributed by atoms with Gasteiger partial charge in [-0.25, -0.2) is 9.78 Å². The second-order valence-electron chi connectivity index (χ2n) is 9.02. The van der Waals surface area contributed by atoms with Crippen LogP contribution >= 0.6 is 34.4 Å². The number of hydrogen-bond acceptors (Lipinski definition) is 10. The summed E-state index contributed by atoms with van der Waals surface area (Å²) < 4.78 is 43.7. The fourth-order valence-electron chi connectivity index (χ4n) is 3.98. The molecule has 3 heterocycles. The van der Waals surface area contributed by atoms with E-state index in [2.05, 4.69) is 0 Å². The molecule has 4 rings (SSSR count). The number of thiazole rings is 1. The number of carbonyl (C=O) groups is 3. The van der Waals surface area contributed by atoms with E-state index in [1.165, 1.54) is 22.7 Å². The Morgan fingerprint density at radius 1 is 1.28 bits per heavy atom. The first-order valence-corrected chi connectivity index (χ1v) is 15.7. The number of likely N-dealkylation sites (tertiary alicyclic amines) is 1. The molecular weight excluding hydrogens is 630 g/mol. The Bertz CT molecular complexity index is 1460. The van der Waals surface area contributed by atoms with Gasteiger partial charge in [0.2, 0.25) is 0 Å². The number of halogens is 3. The first-order chi connectivity index (χ1) is 20.3. The van der Waals surface area contributed by atoms with Crippen molar-refractivity contribution >= 4 is 58.1 Å². The molecule has 0 radical (unpaired) electrons. The van der Waals surface area contributed by atoms with Crippen LogP contribution in [0.2, 0.25) is 0 Å². The highest BCUT2D eigenvalue weighted by Gasteiger charge is 2.38. The van der Waals surface area contributed by atoms with E-state index >= 15 is 0 Å². The molecule has 4 N–H and O–H groups in total. The van der Waals surface area contributed by atoms with E-state index in [0.717, 1.165) is 43.8 Å². The first-order valence-electron chi connectivity index (χ1n) is 12.8. The van der Waals surface area contributed by atoms with Gasteiger partial charge in [-0.1, -0.05) is 12.1 Å². The second-order valence-corrected chi connectivity index (χ2v) is 12.0. The molecule has 1 atom stereocenters. The van der Waals surface area contributed by atoms with Crippen LogP contribution in [0, 0.1) is 11.3 Å². The van der Waals surface area contributed by atoms with Crippen LogP contribution in [0.5, 0.6) is 5.75 Å². The number of thiophene rings is 1. The number of carbonyl (C=O) groups excluding carboxylic acids is 2. The number of piperidine rings is 1. The number of esters is 1. The van der Waals surface area contributed by atoms with Gasteiger partial charge in [-0.2, -0.15) is 13.2 Å². The highest BCUT2D eigenvalue weighted by molar-refractivity contribution is 8.00. The van der Waals surface area contributed by atoms with Crippen LogP contribution in [0.1, 0.15) is 24.6 Å². The fourth-order valence-corrected chi connectivity index (χ4v) is 6.69. The van der Waals surface area contributed by atoms with Gasteiger partial charge in [-0.05, 0) is 44.2 Å². The number of nitrogens with zero attached hydrogens (tertiary/aromatic N) is 2. The first kappa shape index (κ1) is 33.9. The quantitative estimate of drug-likeness (QED) is 0.119. The Hall–Kier alpha value is -3.63. The summed E-state index contributed by atoms with van der Waals surface area (Å²) in [5, 5.41) is 17.7. The van der Waals surface area contributed by atoms with Crippen molar-refractivity contribution in [3.05, 3.63) is 40.6 Å². The van der Waals surface area contributed by atoms with Crippen LogP contribution < -0.4 is 10.5 Å². The Morgan fingerprint density at radius 2 is 2.00 bits per heavy atom. The number of nitrogen functional groups attached to an aromatic ring is 1. The maximum atomic E-state index is 12.7. The van der Waals surface area contributed by atoms with Crippen LogP contribution in [0.3, 0.4) is 0 Å². The molecule has 1 saturated heterocycles. The van der Waals surface area contributed by atoms with Crippen molar-refractivity contribution in [2.75, 3.05) is 32.6 Å². The molecule has 43 heavy (non-hydrogen) atoms. The number of carboxylic acid groups (broad SMARTS) is 1. The lowest BCUT2D eigenvalue weighted by molar-refractivity contribution is -0.192. The minimum absolute atomic E-state index is 0.0543. The summed E-state index contributed by atoms with van der Waals surface area (Å²) in [5.74, 6) is -2.78. The fraction of sp³-hybridized carbons (Fsp3) is 0.370. The summed E-state index contributed by atoms with van der Waals surface area (Å²) in [6.45, 7) is 3.02. The van der Waals surface area contributed by atoms with Crippen LogP contribution in [0.15, 0.2) is 39.9 Å². The summed E-state index contributed by atoms with van der Waals surface area (Å²) in [4.78, 5) is 40.9. The van der Waals surface area contributed by atoms with E-state index in [-0.39, 0.29) is 30.2 Å². The predicted molar refractivity (Wildman–Crippen MR) is 159 cm³/mol. The number of hydrogen-bond donors (Lipinski definition) is 3. The Labute approximate surface area is 257 Å². The van der Waals surface area contributed by atoms with E-state index in [9.17, 15) is 22.8 Å². The number of amides is 1. The number of thioether (sulfide) groups is 1. The average Bonchev–Trinajstić information content (AvgIpc) is 3.64. The monoisotopic (exact) mass is 658 g/mol. The largest absolute Gasteiger partial charge is 0.490 e. The third-order valence-corrected chi connectivity index (χ3v) is 9.19. The van der Waals surface area contributed by atoms with Gasteiger partial charge in [0.15, 0.2) is 6.61 Å². The maximum absolute atomic E-state index is 12.7. The van der Waals surface area contributed by atoms with E-state index in [1.807, 2.05) is 42.0 Å². The summed E-state index contributed by atoms with van der Waals surface area (Å²) in [6, 6.07) is 9.42. The molecular formula is C27H29F3N4O6S3. The molecule has 0 bridgehead atoms. The zero-order chi connectivity index (χ0) is 31.7. The highest BCUT2D eigenvalue weighted by atomic mass is 32.2. The zero-order valence-corrected chi connectivity index (χ0v) is 25.6. The average molecular weight is 659 g/mol. The molecule has 2 aromatic heterocycles. The van der Waals surface area contributed by atoms with Gasteiger partial charge in [-0.3, -0.25) is 15.0 Å². The predicted octanol–water partition coefficient (Wildman–Crippen LogP) is 5.36. The number of ether oxygens (including phenoxy) is 2. The number of carboxylic acids is 1. The van der Waals surface area contributed by atoms with Gasteiger partial charge in [0, 0.05) is 29.6 Å². The van der Waals surface area contributed by atoms with Crippen molar-refractivity contribution in [2.45, 2.75) is 30.2 Å². The highest BCUT2D eigenvalue weighted by Crippen LogP contribution is 2.40. The van der Waals surface area contributed by atoms with Gasteiger partial charge in [0.25, 0.3) is 5.91 Å². The van der Waals surface area contributed by atoms with Crippen molar-refractivity contribution in [3.8, 4) is 27.6 Å². The Kier molecular flexibility index (Phi) is 12.0. The number of amidine groups is 1. The second kappa shape index (κ2) is 15.2. The van der Waals surface area contributed by atoms with Crippen molar-refractivity contribution < 1.29 is 42.1 Å². The van der Waals surface area contributed by atoms with E-state index < -0.39 is 12.1 Å². The van der Waals surface area contributed by atoms with E-state index in [1.54, 1.807) is 23.6 Å². The standard InChI is InChI=1S/C25H28N4O4S3.C2HF3O2/c1-3-32-24(31)16-7-5-9-29(12-16)21(30)13-33-17-8-4-6-15(10-17)19-14-35-23(28-19)18-11-20(22(26)27)36-25(18)34-2;3-2(4,5)1(6)7/h4,6,8,10-11,14,16H,3,5,7,9,12-13H2,1-2H3,(H3,26,27);(H,6,7).